The van der Waals surface area contributed by atoms with Crippen molar-refractivity contribution in [3.8, 4) is 11.5 Å². The molecular weight excluding hydrogens is 483 g/mol. The van der Waals surface area contributed by atoms with E-state index in [1.165, 1.54) is 31.4 Å². The van der Waals surface area contributed by atoms with Crippen LogP contribution in [-0.2, 0) is 16.1 Å². The van der Waals surface area contributed by atoms with Crippen LogP contribution in [0.4, 0.5) is 5.69 Å². The van der Waals surface area contributed by atoms with Crippen molar-refractivity contribution in [1.29, 1.82) is 0 Å². The van der Waals surface area contributed by atoms with Crippen LogP contribution in [0.1, 0.15) is 16.7 Å². The molecule has 3 aromatic rings. The van der Waals surface area contributed by atoms with Gasteiger partial charge in [-0.3, -0.25) is 10.1 Å². The summed E-state index contributed by atoms with van der Waals surface area (Å²) in [7, 11) is 1.50. The zero-order valence-electron chi connectivity index (χ0n) is 17.7. The maximum Gasteiger partial charge on any atom is 0.363 e. The molecule has 3 aromatic carbocycles. The van der Waals surface area contributed by atoms with Gasteiger partial charge in [-0.15, -0.1) is 0 Å². The fraction of sp³-hybridized carbons (Fsp3) is 0.0833. The summed E-state index contributed by atoms with van der Waals surface area (Å²) < 4.78 is 16.5. The van der Waals surface area contributed by atoms with Gasteiger partial charge in [0.15, 0.2) is 17.2 Å². The molecule has 0 radical (unpaired) electrons. The number of nitrogens with zero attached hydrogens (tertiary/aromatic N) is 2. The number of carbonyl (C=O) groups is 1. The van der Waals surface area contributed by atoms with Crippen molar-refractivity contribution in [1.82, 2.24) is 0 Å². The maximum atomic E-state index is 12.3. The smallest absolute Gasteiger partial charge is 0.363 e. The van der Waals surface area contributed by atoms with Crippen LogP contribution >= 0.6 is 23.2 Å². The van der Waals surface area contributed by atoms with Gasteiger partial charge in [0.2, 0.25) is 5.90 Å². The van der Waals surface area contributed by atoms with E-state index < -0.39 is 10.9 Å². The van der Waals surface area contributed by atoms with Crippen LogP contribution in [0.3, 0.4) is 0 Å². The molecular formula is C24H16Cl2N2O6. The Morgan fingerprint density at radius 2 is 1.88 bits per heavy atom. The van der Waals surface area contributed by atoms with Gasteiger partial charge < -0.3 is 14.2 Å². The summed E-state index contributed by atoms with van der Waals surface area (Å²) in [5, 5.41) is 11.9. The Hall–Kier alpha value is -3.88. The number of cyclic esters (lactones) is 1. The van der Waals surface area contributed by atoms with Gasteiger partial charge in [0.05, 0.1) is 22.1 Å². The molecule has 4 rings (SSSR count). The Bertz CT molecular complexity index is 1350. The number of methoxy groups -OCH3 is 1. The predicted octanol–water partition coefficient (Wildman–Crippen LogP) is 5.83. The summed E-state index contributed by atoms with van der Waals surface area (Å²) in [6, 6.07) is 16.0. The minimum Gasteiger partial charge on any atom is -0.493 e. The number of carbonyl (C=O) groups excluding carboxylic acids is 1. The average Bonchev–Trinajstić information content (AvgIpc) is 3.20. The lowest BCUT2D eigenvalue weighted by molar-refractivity contribution is -0.384. The van der Waals surface area contributed by atoms with Crippen molar-refractivity contribution in [2.24, 2.45) is 4.99 Å². The molecule has 8 nitrogen and oxygen atoms in total. The number of rotatable bonds is 7. The van der Waals surface area contributed by atoms with E-state index in [4.69, 9.17) is 37.4 Å². The lowest BCUT2D eigenvalue weighted by atomic mass is 10.1. The highest BCUT2D eigenvalue weighted by atomic mass is 35.5. The van der Waals surface area contributed by atoms with Gasteiger partial charge in [-0.2, -0.15) is 0 Å². The summed E-state index contributed by atoms with van der Waals surface area (Å²) >= 11 is 12.0. The zero-order chi connectivity index (χ0) is 24.2. The molecule has 0 saturated carbocycles. The fourth-order valence-corrected chi connectivity index (χ4v) is 3.45. The first-order valence-corrected chi connectivity index (χ1v) is 10.6. The quantitative estimate of drug-likeness (QED) is 0.175. The summed E-state index contributed by atoms with van der Waals surface area (Å²) in [5.41, 5.74) is 1.70. The molecule has 0 saturated heterocycles. The second kappa shape index (κ2) is 9.94. The Morgan fingerprint density at radius 3 is 2.62 bits per heavy atom. The highest BCUT2D eigenvalue weighted by Crippen LogP contribution is 2.31. The van der Waals surface area contributed by atoms with E-state index in [1.54, 1.807) is 36.4 Å². The number of aliphatic imine (C=N–C) groups is 1. The molecule has 172 valence electrons. The molecule has 0 spiro atoms. The Kier molecular flexibility index (Phi) is 6.81. The lowest BCUT2D eigenvalue weighted by Crippen LogP contribution is -2.05. The van der Waals surface area contributed by atoms with Crippen molar-refractivity contribution in [3.63, 3.8) is 0 Å². The third-order valence-corrected chi connectivity index (χ3v) is 5.53. The van der Waals surface area contributed by atoms with E-state index in [0.717, 1.165) is 5.56 Å². The van der Waals surface area contributed by atoms with Gasteiger partial charge in [-0.05, 0) is 47.5 Å². The molecule has 1 aliphatic heterocycles. The van der Waals surface area contributed by atoms with Gasteiger partial charge in [-0.1, -0.05) is 41.4 Å². The van der Waals surface area contributed by atoms with Crippen LogP contribution in [0.25, 0.3) is 6.08 Å². The van der Waals surface area contributed by atoms with Gasteiger partial charge in [-0.25, -0.2) is 9.79 Å². The Morgan fingerprint density at radius 1 is 1.06 bits per heavy atom. The van der Waals surface area contributed by atoms with Gasteiger partial charge in [0.1, 0.15) is 6.61 Å². The summed E-state index contributed by atoms with van der Waals surface area (Å²) in [6.45, 7) is 0.247. The molecule has 0 unspecified atom stereocenters. The van der Waals surface area contributed by atoms with E-state index >= 15 is 0 Å². The van der Waals surface area contributed by atoms with E-state index in [1.807, 2.05) is 6.07 Å². The predicted molar refractivity (Wildman–Crippen MR) is 127 cm³/mol. The number of hydrogen-bond acceptors (Lipinski definition) is 7. The third-order valence-electron chi connectivity index (χ3n) is 4.79. The number of halogens is 2. The van der Waals surface area contributed by atoms with Crippen LogP contribution in [0.5, 0.6) is 11.5 Å². The first-order valence-electron chi connectivity index (χ1n) is 9.86. The van der Waals surface area contributed by atoms with Crippen LogP contribution < -0.4 is 9.47 Å². The number of ether oxygens (including phenoxy) is 3. The molecule has 0 aromatic heterocycles. The average molecular weight is 499 g/mol. The van der Waals surface area contributed by atoms with E-state index in [9.17, 15) is 14.9 Å². The van der Waals surface area contributed by atoms with Crippen molar-refractivity contribution in [2.45, 2.75) is 6.61 Å². The van der Waals surface area contributed by atoms with E-state index in [-0.39, 0.29) is 23.9 Å². The molecule has 0 fully saturated rings. The van der Waals surface area contributed by atoms with Crippen LogP contribution in [-0.4, -0.2) is 23.9 Å². The second-order valence-corrected chi connectivity index (χ2v) is 7.91. The summed E-state index contributed by atoms with van der Waals surface area (Å²) in [6.07, 6.45) is 1.53. The molecule has 0 atom stereocenters. The number of esters is 1. The molecule has 1 heterocycles. The van der Waals surface area contributed by atoms with Crippen molar-refractivity contribution in [2.75, 3.05) is 7.11 Å². The highest BCUT2D eigenvalue weighted by molar-refractivity contribution is 6.42. The number of benzene rings is 3. The van der Waals surface area contributed by atoms with Crippen LogP contribution in [0.15, 0.2) is 71.4 Å². The molecule has 1 aliphatic rings. The number of nitro groups is 1. The van der Waals surface area contributed by atoms with Gasteiger partial charge in [0, 0.05) is 17.7 Å². The van der Waals surface area contributed by atoms with E-state index in [2.05, 4.69) is 4.99 Å². The largest absolute Gasteiger partial charge is 0.493 e. The fourth-order valence-electron chi connectivity index (χ4n) is 3.13. The van der Waals surface area contributed by atoms with Crippen molar-refractivity contribution in [3.05, 3.63) is 103 Å². The molecule has 0 amide bonds. The summed E-state index contributed by atoms with van der Waals surface area (Å²) in [4.78, 5) is 27.0. The van der Waals surface area contributed by atoms with Crippen LogP contribution in [0, 0.1) is 10.1 Å². The Labute approximate surface area is 204 Å². The topological polar surface area (TPSA) is 100 Å². The van der Waals surface area contributed by atoms with E-state index in [0.29, 0.717) is 32.7 Å². The molecule has 34 heavy (non-hydrogen) atoms. The maximum absolute atomic E-state index is 12.3. The van der Waals surface area contributed by atoms with Crippen molar-refractivity contribution >= 4 is 46.8 Å². The molecule has 0 N–H and O–H groups in total. The number of nitro benzene ring substituents is 1. The number of non-ortho nitro benzene ring substituents is 1. The first kappa shape index (κ1) is 23.3. The Balaban J connectivity index is 1.54. The lowest BCUT2D eigenvalue weighted by Gasteiger charge is -2.12. The second-order valence-electron chi connectivity index (χ2n) is 7.09. The first-order chi connectivity index (χ1) is 16.3. The monoisotopic (exact) mass is 498 g/mol. The molecule has 10 heteroatoms. The van der Waals surface area contributed by atoms with Gasteiger partial charge in [0.25, 0.3) is 5.69 Å². The SMILES string of the molecule is COc1cc(/C=C2\N=C(c3cccc([N+](=O)[O-])c3)OC2=O)ccc1OCc1ccc(Cl)c(Cl)c1. The minimum absolute atomic E-state index is 0.00602. The standard InChI is InChI=1S/C24H16Cl2N2O6/c1-32-22-11-14(6-8-21(22)33-13-15-5-7-18(25)19(26)9-15)10-20-24(29)34-23(27-20)16-3-2-4-17(12-16)28(30)31/h2-12H,13H2,1H3/b20-10-. The minimum atomic E-state index is -0.666. The highest BCUT2D eigenvalue weighted by Gasteiger charge is 2.25. The molecule has 0 aliphatic carbocycles. The number of hydrogen-bond donors (Lipinski definition) is 0. The van der Waals surface area contributed by atoms with Crippen LogP contribution in [0.2, 0.25) is 10.0 Å². The van der Waals surface area contributed by atoms with Crippen molar-refractivity contribution < 1.29 is 23.9 Å². The van der Waals surface area contributed by atoms with Gasteiger partial charge >= 0.3 is 5.97 Å². The zero-order valence-corrected chi connectivity index (χ0v) is 19.2. The normalized spacial score (nSPS) is 14.0. The third kappa shape index (κ3) is 5.19. The molecule has 0 bridgehead atoms. The summed E-state index contributed by atoms with van der Waals surface area (Å²) in [5.74, 6) is 0.267.